The summed E-state index contributed by atoms with van der Waals surface area (Å²) in [7, 11) is 0. The van der Waals surface area contributed by atoms with Crippen LogP contribution in [0, 0.1) is 6.92 Å². The zero-order valence-electron chi connectivity index (χ0n) is 19.6. The van der Waals surface area contributed by atoms with Crippen LogP contribution in [0.2, 0.25) is 0 Å². The van der Waals surface area contributed by atoms with Gasteiger partial charge < -0.3 is 20.3 Å². The predicted octanol–water partition coefficient (Wildman–Crippen LogP) is 4.50. The summed E-state index contributed by atoms with van der Waals surface area (Å²) in [5, 5.41) is 16.7. The summed E-state index contributed by atoms with van der Waals surface area (Å²) < 4.78 is 5.53. The number of hydrogen-bond acceptors (Lipinski definition) is 7. The number of rotatable bonds is 6. The zero-order chi connectivity index (χ0) is 24.2. The Hall–Kier alpha value is -3.88. The third kappa shape index (κ3) is 3.53. The third-order valence-corrected chi connectivity index (χ3v) is 6.64. The average Bonchev–Trinajstić information content (AvgIpc) is 3.53. The Morgan fingerprint density at radius 1 is 1.09 bits per heavy atom. The molecule has 0 unspecified atom stereocenters. The van der Waals surface area contributed by atoms with Crippen LogP contribution < -0.4 is 5.73 Å². The highest BCUT2D eigenvalue weighted by molar-refractivity contribution is 5.88. The van der Waals surface area contributed by atoms with Crippen molar-refractivity contribution in [3.63, 3.8) is 0 Å². The maximum absolute atomic E-state index is 12.5. The highest BCUT2D eigenvalue weighted by Crippen LogP contribution is 2.44. The first-order valence-corrected chi connectivity index (χ1v) is 11.8. The van der Waals surface area contributed by atoms with E-state index in [4.69, 9.17) is 15.2 Å². The van der Waals surface area contributed by atoms with E-state index in [2.05, 4.69) is 20.1 Å². The number of H-pyrrole nitrogens is 1. The molecule has 6 rings (SSSR count). The van der Waals surface area contributed by atoms with Crippen molar-refractivity contribution in [2.45, 2.75) is 44.2 Å². The van der Waals surface area contributed by atoms with E-state index in [9.17, 15) is 5.11 Å². The van der Waals surface area contributed by atoms with Crippen molar-refractivity contribution in [3.8, 4) is 11.1 Å². The van der Waals surface area contributed by atoms with E-state index in [-0.39, 0.29) is 6.04 Å². The zero-order valence-corrected chi connectivity index (χ0v) is 19.6. The first-order chi connectivity index (χ1) is 17.0. The van der Waals surface area contributed by atoms with Crippen molar-refractivity contribution < 1.29 is 9.63 Å². The van der Waals surface area contributed by atoms with Gasteiger partial charge in [-0.05, 0) is 68.7 Å². The Morgan fingerprint density at radius 2 is 1.77 bits per heavy atom. The van der Waals surface area contributed by atoms with Crippen molar-refractivity contribution in [1.29, 1.82) is 0 Å². The van der Waals surface area contributed by atoms with Crippen LogP contribution in [0.1, 0.15) is 66.0 Å². The number of pyridine rings is 2. The van der Waals surface area contributed by atoms with Gasteiger partial charge in [-0.2, -0.15) is 0 Å². The molecule has 0 radical (unpaired) electrons. The highest BCUT2D eigenvalue weighted by Gasteiger charge is 2.40. The average molecular weight is 467 g/mol. The van der Waals surface area contributed by atoms with E-state index in [1.165, 1.54) is 0 Å². The van der Waals surface area contributed by atoms with Crippen LogP contribution in [-0.2, 0) is 5.60 Å². The van der Waals surface area contributed by atoms with Crippen LogP contribution >= 0.6 is 0 Å². The fourth-order valence-corrected chi connectivity index (χ4v) is 4.72. The summed E-state index contributed by atoms with van der Waals surface area (Å²) in [5.74, 6) is 1.99. The number of benzene rings is 1. The van der Waals surface area contributed by atoms with Gasteiger partial charge in [-0.3, -0.25) is 9.97 Å². The van der Waals surface area contributed by atoms with Gasteiger partial charge in [-0.25, -0.2) is 4.98 Å². The van der Waals surface area contributed by atoms with E-state index < -0.39 is 5.60 Å². The number of nitrogens with zero attached hydrogens (tertiary/aromatic N) is 4. The molecule has 0 spiro atoms. The van der Waals surface area contributed by atoms with E-state index in [0.717, 1.165) is 35.3 Å². The summed E-state index contributed by atoms with van der Waals surface area (Å²) in [6.07, 6.45) is 5.55. The van der Waals surface area contributed by atoms with Crippen LogP contribution in [0.15, 0.2) is 65.4 Å². The molecule has 4 aromatic heterocycles. The number of imidazole rings is 1. The Labute approximate surface area is 202 Å². The maximum Gasteiger partial charge on any atom is 0.176 e. The number of aliphatic hydroxyl groups is 1. The predicted molar refractivity (Wildman–Crippen MR) is 131 cm³/mol. The lowest BCUT2D eigenvalue weighted by molar-refractivity contribution is 0.117. The fourth-order valence-electron chi connectivity index (χ4n) is 4.72. The largest absolute Gasteiger partial charge is 0.373 e. The third-order valence-electron chi connectivity index (χ3n) is 6.64. The van der Waals surface area contributed by atoms with E-state index in [1.807, 2.05) is 50.2 Å². The molecular formula is C27H26N6O2. The molecule has 8 heteroatoms. The molecule has 1 fully saturated rings. The van der Waals surface area contributed by atoms with Crippen LogP contribution in [0.3, 0.4) is 0 Å². The number of fused-ring (bicyclic) bond motifs is 1. The van der Waals surface area contributed by atoms with E-state index in [0.29, 0.717) is 39.8 Å². The monoisotopic (exact) mass is 466 g/mol. The first kappa shape index (κ1) is 21.6. The van der Waals surface area contributed by atoms with Crippen molar-refractivity contribution in [2.24, 2.45) is 5.73 Å². The SMILES string of the molecule is Cc1onc([C@H](C)N)c1-c1cc(C(O)(c2ccccn2)c2ccccn2)c2nc(C3CC3)[nH]c2c1. The van der Waals surface area contributed by atoms with Gasteiger partial charge in [0.2, 0.25) is 0 Å². The van der Waals surface area contributed by atoms with Gasteiger partial charge >= 0.3 is 0 Å². The van der Waals surface area contributed by atoms with Gasteiger partial charge in [0.1, 0.15) is 17.3 Å². The van der Waals surface area contributed by atoms with Crippen molar-refractivity contribution in [1.82, 2.24) is 25.1 Å². The van der Waals surface area contributed by atoms with Crippen molar-refractivity contribution >= 4 is 11.0 Å². The molecule has 1 atom stereocenters. The summed E-state index contributed by atoms with van der Waals surface area (Å²) >= 11 is 0. The number of nitrogens with two attached hydrogens (primary N) is 1. The second-order valence-corrected chi connectivity index (χ2v) is 9.24. The van der Waals surface area contributed by atoms with Crippen molar-refractivity contribution in [3.05, 3.63) is 95.2 Å². The Kier molecular flexibility index (Phi) is 5.01. The van der Waals surface area contributed by atoms with Crippen LogP contribution in [0.5, 0.6) is 0 Å². The lowest BCUT2D eigenvalue weighted by atomic mass is 9.83. The lowest BCUT2D eigenvalue weighted by Crippen LogP contribution is -2.31. The molecule has 1 aliphatic carbocycles. The second-order valence-electron chi connectivity index (χ2n) is 9.24. The normalized spacial score (nSPS) is 15.0. The molecule has 8 nitrogen and oxygen atoms in total. The van der Waals surface area contributed by atoms with Gasteiger partial charge in [0, 0.05) is 35.5 Å². The maximum atomic E-state index is 12.5. The summed E-state index contributed by atoms with van der Waals surface area (Å²) in [5.41, 5.74) is 9.89. The molecule has 0 bridgehead atoms. The molecular weight excluding hydrogens is 440 g/mol. The van der Waals surface area contributed by atoms with Gasteiger partial charge in [-0.1, -0.05) is 17.3 Å². The number of aromatic amines is 1. The minimum Gasteiger partial charge on any atom is -0.373 e. The molecule has 4 heterocycles. The molecule has 1 saturated carbocycles. The van der Waals surface area contributed by atoms with Crippen LogP contribution in [-0.4, -0.2) is 30.2 Å². The number of hydrogen-bond donors (Lipinski definition) is 3. The Morgan fingerprint density at radius 3 is 2.34 bits per heavy atom. The smallest absolute Gasteiger partial charge is 0.176 e. The molecule has 0 amide bonds. The van der Waals surface area contributed by atoms with Crippen molar-refractivity contribution in [2.75, 3.05) is 0 Å². The molecule has 1 aliphatic rings. The molecule has 0 aliphatic heterocycles. The Balaban J connectivity index is 1.69. The van der Waals surface area contributed by atoms with Gasteiger partial charge in [-0.15, -0.1) is 0 Å². The number of aromatic nitrogens is 5. The first-order valence-electron chi connectivity index (χ1n) is 11.8. The number of aryl methyl sites for hydroxylation is 1. The fraction of sp³-hybridized carbons (Fsp3) is 0.259. The molecule has 176 valence electrons. The molecule has 35 heavy (non-hydrogen) atoms. The molecule has 0 saturated heterocycles. The number of nitrogens with one attached hydrogen (secondary N) is 1. The summed E-state index contributed by atoms with van der Waals surface area (Å²) in [4.78, 5) is 17.5. The van der Waals surface area contributed by atoms with Gasteiger partial charge in [0.25, 0.3) is 0 Å². The van der Waals surface area contributed by atoms with E-state index >= 15 is 0 Å². The molecule has 5 aromatic rings. The highest BCUT2D eigenvalue weighted by atomic mass is 16.5. The van der Waals surface area contributed by atoms with Crippen LogP contribution in [0.25, 0.3) is 22.2 Å². The standard InChI is InChI=1S/C27H26N6O2/c1-15(28)24-23(16(2)35-33-24)18-13-19(25-20(14-18)31-26(32-25)17-9-10-17)27(34,21-7-3-5-11-29-21)22-8-4-6-12-30-22/h3-8,11-15,17,34H,9-10,28H2,1-2H3,(H,31,32)/t15-/m0/s1. The van der Waals surface area contributed by atoms with Crippen LogP contribution in [0.4, 0.5) is 0 Å². The quantitative estimate of drug-likeness (QED) is 0.336. The Bertz CT molecular complexity index is 1460. The van der Waals surface area contributed by atoms with E-state index in [1.54, 1.807) is 24.5 Å². The second kappa shape index (κ2) is 8.11. The lowest BCUT2D eigenvalue weighted by Gasteiger charge is -2.28. The molecule has 4 N–H and O–H groups in total. The topological polar surface area (TPSA) is 127 Å². The van der Waals surface area contributed by atoms with Gasteiger partial charge in [0.05, 0.1) is 22.4 Å². The van der Waals surface area contributed by atoms with Gasteiger partial charge in [0.15, 0.2) is 5.60 Å². The minimum atomic E-state index is -1.65. The summed E-state index contributed by atoms with van der Waals surface area (Å²) in [6.45, 7) is 3.74. The summed E-state index contributed by atoms with van der Waals surface area (Å²) in [6, 6.07) is 14.6. The molecule has 1 aromatic carbocycles. The minimum absolute atomic E-state index is 0.323.